The van der Waals surface area contributed by atoms with Gasteiger partial charge in [0.1, 0.15) is 11.5 Å². The number of anilines is 2. The molecule has 2 aromatic carbocycles. The van der Waals surface area contributed by atoms with Crippen molar-refractivity contribution >= 4 is 37.5 Å². The molecule has 0 spiro atoms. The van der Waals surface area contributed by atoms with Crippen molar-refractivity contribution in [1.29, 1.82) is 0 Å². The van der Waals surface area contributed by atoms with E-state index in [4.69, 9.17) is 4.74 Å². The van der Waals surface area contributed by atoms with Gasteiger partial charge in [-0.15, -0.1) is 0 Å². The minimum atomic E-state index is -6.04. The predicted molar refractivity (Wildman–Crippen MR) is 97.0 cm³/mol. The quantitative estimate of drug-likeness (QED) is 0.338. The Morgan fingerprint density at radius 2 is 1.15 bits per heavy atom. The van der Waals surface area contributed by atoms with Gasteiger partial charge in [0.25, 0.3) is 0 Å². The molecular formula is C16H9F6NO8S2. The van der Waals surface area contributed by atoms with Crippen molar-refractivity contribution in [1.82, 2.24) is 0 Å². The molecule has 0 aliphatic carbocycles. The molecule has 1 heterocycles. The van der Waals surface area contributed by atoms with E-state index in [1.165, 1.54) is 0 Å². The Labute approximate surface area is 181 Å². The smallest absolute Gasteiger partial charge is 0.453 e. The van der Waals surface area contributed by atoms with E-state index < -0.39 is 60.2 Å². The number of hydrogen-bond donors (Lipinski definition) is 0. The van der Waals surface area contributed by atoms with Crippen LogP contribution in [0.25, 0.3) is 0 Å². The van der Waals surface area contributed by atoms with Gasteiger partial charge in [-0.05, 0) is 24.3 Å². The molecule has 0 N–H and O–H groups in total. The summed E-state index contributed by atoms with van der Waals surface area (Å²) in [6, 6.07) is 4.97. The first-order chi connectivity index (χ1) is 14.9. The first-order valence-electron chi connectivity index (χ1n) is 8.21. The second-order valence-electron chi connectivity index (χ2n) is 6.18. The van der Waals surface area contributed by atoms with Gasteiger partial charge < -0.3 is 13.1 Å². The summed E-state index contributed by atoms with van der Waals surface area (Å²) in [4.78, 5) is 13.1. The van der Waals surface area contributed by atoms with Crippen LogP contribution in [0.1, 0.15) is 6.92 Å². The van der Waals surface area contributed by atoms with Gasteiger partial charge in [0.05, 0.1) is 11.4 Å². The molecule has 0 unspecified atom stereocenters. The fraction of sp³-hybridized carbons (Fsp3) is 0.188. The zero-order valence-corrected chi connectivity index (χ0v) is 17.4. The molecule has 1 amide bonds. The topological polar surface area (TPSA) is 116 Å². The fourth-order valence-corrected chi connectivity index (χ4v) is 3.46. The first-order valence-corrected chi connectivity index (χ1v) is 11.0. The maximum absolute atomic E-state index is 12.5. The first kappa shape index (κ1) is 24.4. The fourth-order valence-electron chi connectivity index (χ4n) is 2.56. The monoisotopic (exact) mass is 521 g/mol. The number of hydrogen-bond acceptors (Lipinski definition) is 8. The van der Waals surface area contributed by atoms with Crippen molar-refractivity contribution in [2.24, 2.45) is 0 Å². The number of nitrogens with zero attached hydrogens (tertiary/aromatic N) is 1. The molecule has 2 aromatic rings. The number of rotatable bonds is 4. The van der Waals surface area contributed by atoms with Gasteiger partial charge >= 0.3 is 31.3 Å². The molecule has 0 saturated heterocycles. The molecule has 0 fully saturated rings. The van der Waals surface area contributed by atoms with Crippen molar-refractivity contribution < 1.29 is 61.1 Å². The standard InChI is InChI=1S/C16H9F6NO8S2/c1-8(24)23-11-4-2-9(30-32(25,26)15(17,18)19)6-13(11)29-14-7-10(3-5-12(14)23)31-33(27,28)16(20,21)22/h2-7H,1H3. The van der Waals surface area contributed by atoms with E-state index >= 15 is 0 Å². The highest BCUT2D eigenvalue weighted by Crippen LogP contribution is 2.49. The summed E-state index contributed by atoms with van der Waals surface area (Å²) in [5.74, 6) is -3.25. The van der Waals surface area contributed by atoms with Crippen LogP contribution in [-0.2, 0) is 25.0 Å². The van der Waals surface area contributed by atoms with E-state index in [1.54, 1.807) is 0 Å². The minimum Gasteiger partial charge on any atom is -0.453 e. The lowest BCUT2D eigenvalue weighted by Gasteiger charge is -2.30. The second kappa shape index (κ2) is 7.68. The molecule has 0 aromatic heterocycles. The van der Waals surface area contributed by atoms with Crippen molar-refractivity contribution in [2.75, 3.05) is 4.90 Å². The van der Waals surface area contributed by atoms with Crippen LogP contribution < -0.4 is 18.0 Å². The number of amides is 1. The molecule has 0 bridgehead atoms. The van der Waals surface area contributed by atoms with Crippen LogP contribution in [0.5, 0.6) is 23.0 Å². The van der Waals surface area contributed by atoms with Gasteiger partial charge in [0.2, 0.25) is 5.91 Å². The Balaban J connectivity index is 2.03. The lowest BCUT2D eigenvalue weighted by molar-refractivity contribution is -0.115. The highest BCUT2D eigenvalue weighted by molar-refractivity contribution is 7.88. The molecule has 17 heteroatoms. The van der Waals surface area contributed by atoms with Crippen LogP contribution in [0.15, 0.2) is 36.4 Å². The summed E-state index contributed by atoms with van der Waals surface area (Å²) in [7, 11) is -12.1. The van der Waals surface area contributed by atoms with Crippen LogP contribution in [0.4, 0.5) is 37.7 Å². The van der Waals surface area contributed by atoms with Gasteiger partial charge in [0.15, 0.2) is 11.5 Å². The van der Waals surface area contributed by atoms with Gasteiger partial charge in [0, 0.05) is 19.1 Å². The van der Waals surface area contributed by atoms with Gasteiger partial charge in [-0.3, -0.25) is 9.69 Å². The van der Waals surface area contributed by atoms with Crippen molar-refractivity contribution in [3.05, 3.63) is 36.4 Å². The van der Waals surface area contributed by atoms with Crippen LogP contribution in [0, 0.1) is 0 Å². The summed E-state index contributed by atoms with van der Waals surface area (Å²) >= 11 is 0. The molecule has 1 aliphatic heterocycles. The SMILES string of the molecule is CC(=O)N1c2ccc(OS(=O)(=O)C(F)(F)F)cc2Oc2cc(OS(=O)(=O)C(F)(F)F)ccc21. The van der Waals surface area contributed by atoms with Crippen molar-refractivity contribution in [3.63, 3.8) is 0 Å². The highest BCUT2D eigenvalue weighted by Gasteiger charge is 2.49. The Morgan fingerprint density at radius 3 is 1.45 bits per heavy atom. The van der Waals surface area contributed by atoms with E-state index in [2.05, 4.69) is 8.37 Å². The number of halogens is 6. The summed E-state index contributed by atoms with van der Waals surface area (Å²) in [6.45, 7) is 1.07. The molecule has 180 valence electrons. The summed E-state index contributed by atoms with van der Waals surface area (Å²) in [5, 5.41) is 0. The van der Waals surface area contributed by atoms with Gasteiger partial charge in [-0.25, -0.2) is 0 Å². The molecule has 9 nitrogen and oxygen atoms in total. The summed E-state index contributed by atoms with van der Waals surface area (Å²) in [6.07, 6.45) is 0. The third kappa shape index (κ3) is 4.63. The highest BCUT2D eigenvalue weighted by atomic mass is 32.2. The van der Waals surface area contributed by atoms with E-state index in [0.717, 1.165) is 36.1 Å². The number of alkyl halides is 6. The summed E-state index contributed by atoms with van der Waals surface area (Å²) in [5.41, 5.74) is -11.6. The summed E-state index contributed by atoms with van der Waals surface area (Å²) < 4.78 is 133. The Bertz CT molecular complexity index is 1240. The number of benzene rings is 2. The second-order valence-corrected chi connectivity index (χ2v) is 9.26. The molecule has 3 rings (SSSR count). The number of fused-ring (bicyclic) bond motifs is 2. The van der Waals surface area contributed by atoms with Gasteiger partial charge in [-0.1, -0.05) is 0 Å². The Hall–Kier alpha value is -3.21. The van der Waals surface area contributed by atoms with Gasteiger partial charge in [-0.2, -0.15) is 43.2 Å². The third-order valence-electron chi connectivity index (χ3n) is 3.86. The normalized spacial score (nSPS) is 14.1. The zero-order chi connectivity index (χ0) is 25.0. The lowest BCUT2D eigenvalue weighted by atomic mass is 10.1. The van der Waals surface area contributed by atoms with Crippen LogP contribution in [0.2, 0.25) is 0 Å². The van der Waals surface area contributed by atoms with Crippen LogP contribution in [0.3, 0.4) is 0 Å². The molecule has 0 atom stereocenters. The molecule has 33 heavy (non-hydrogen) atoms. The zero-order valence-electron chi connectivity index (χ0n) is 15.8. The number of carbonyl (C=O) groups excluding carboxylic acids is 1. The third-order valence-corrected chi connectivity index (χ3v) is 5.82. The Morgan fingerprint density at radius 1 is 0.788 bits per heavy atom. The maximum atomic E-state index is 12.5. The number of carbonyl (C=O) groups is 1. The molecule has 1 aliphatic rings. The lowest BCUT2D eigenvalue weighted by Crippen LogP contribution is -2.29. The van der Waals surface area contributed by atoms with E-state index in [9.17, 15) is 48.0 Å². The predicted octanol–water partition coefficient (Wildman–Crippen LogP) is 3.93. The molecule has 0 radical (unpaired) electrons. The molecule has 0 saturated carbocycles. The van der Waals surface area contributed by atoms with Crippen LogP contribution in [-0.4, -0.2) is 33.8 Å². The Kier molecular flexibility index (Phi) is 5.69. The van der Waals surface area contributed by atoms with Crippen LogP contribution >= 0.6 is 0 Å². The van der Waals surface area contributed by atoms with E-state index in [-0.39, 0.29) is 11.4 Å². The maximum Gasteiger partial charge on any atom is 0.534 e. The van der Waals surface area contributed by atoms with Crippen molar-refractivity contribution in [3.8, 4) is 23.0 Å². The largest absolute Gasteiger partial charge is 0.534 e. The number of ether oxygens (including phenoxy) is 1. The minimum absolute atomic E-state index is 0.0802. The van der Waals surface area contributed by atoms with E-state index in [0.29, 0.717) is 12.1 Å². The average Bonchev–Trinajstić information content (AvgIpc) is 2.63. The molecular weight excluding hydrogens is 512 g/mol. The average molecular weight is 521 g/mol. The van der Waals surface area contributed by atoms with E-state index in [1.807, 2.05) is 0 Å². The van der Waals surface area contributed by atoms with Crippen molar-refractivity contribution in [2.45, 2.75) is 17.9 Å².